The first kappa shape index (κ1) is 12.5. The molecule has 0 radical (unpaired) electrons. The van der Waals surface area contributed by atoms with Gasteiger partial charge in [-0.1, -0.05) is 0 Å². The molecule has 0 atom stereocenters. The lowest BCUT2D eigenvalue weighted by Crippen LogP contribution is -2.04. The van der Waals surface area contributed by atoms with Crippen molar-refractivity contribution in [1.29, 1.82) is 0 Å². The van der Waals surface area contributed by atoms with E-state index in [1.165, 1.54) is 0 Å². The van der Waals surface area contributed by atoms with E-state index in [0.717, 1.165) is 37.1 Å². The van der Waals surface area contributed by atoms with Crippen LogP contribution in [0.3, 0.4) is 0 Å². The Kier molecular flexibility index (Phi) is 5.73. The molecule has 1 aromatic rings. The Hall–Kier alpha value is -0.540. The molecule has 0 saturated heterocycles. The van der Waals surface area contributed by atoms with Gasteiger partial charge in [-0.05, 0) is 19.3 Å². The second-order valence-corrected chi connectivity index (χ2v) is 4.04. The number of nitrogens with two attached hydrogens (primary N) is 1. The van der Waals surface area contributed by atoms with Crippen molar-refractivity contribution in [3.8, 4) is 0 Å². The summed E-state index contributed by atoms with van der Waals surface area (Å²) in [6.45, 7) is 0. The van der Waals surface area contributed by atoms with Crippen LogP contribution in [0, 0.1) is 0 Å². The molecule has 84 valence electrons. The molecule has 2 N–H and O–H groups in total. The number of halogens is 2. The summed E-state index contributed by atoms with van der Waals surface area (Å²) < 4.78 is 0. The van der Waals surface area contributed by atoms with Gasteiger partial charge in [0.15, 0.2) is 0 Å². The summed E-state index contributed by atoms with van der Waals surface area (Å²) in [5, 5.41) is 0. The van der Waals surface area contributed by atoms with Crippen LogP contribution in [-0.2, 0) is 12.8 Å². The van der Waals surface area contributed by atoms with Gasteiger partial charge in [-0.25, -0.2) is 9.97 Å². The standard InChI is InChI=1S/C10H15Cl2N3/c11-5-1-3-8-7-14-9(4-2-6-12)15-10(8)13/h7H,1-6H2,(H2,13,14,15). The molecule has 0 aliphatic heterocycles. The number of anilines is 1. The first-order valence-corrected chi connectivity index (χ1v) is 6.07. The molecular formula is C10H15Cl2N3. The smallest absolute Gasteiger partial charge is 0.130 e. The maximum Gasteiger partial charge on any atom is 0.130 e. The van der Waals surface area contributed by atoms with Gasteiger partial charge in [0.05, 0.1) is 0 Å². The normalized spacial score (nSPS) is 10.5. The number of aryl methyl sites for hydroxylation is 2. The SMILES string of the molecule is Nc1nc(CCCCl)ncc1CCCCl. The van der Waals surface area contributed by atoms with Crippen molar-refractivity contribution in [2.75, 3.05) is 17.5 Å². The van der Waals surface area contributed by atoms with Crippen LogP contribution in [0.5, 0.6) is 0 Å². The Morgan fingerprint density at radius 2 is 1.80 bits per heavy atom. The summed E-state index contributed by atoms with van der Waals surface area (Å²) in [4.78, 5) is 8.47. The summed E-state index contributed by atoms with van der Waals surface area (Å²) in [7, 11) is 0. The number of hydrogen-bond donors (Lipinski definition) is 1. The fourth-order valence-electron chi connectivity index (χ4n) is 1.25. The minimum atomic E-state index is 0.569. The summed E-state index contributed by atoms with van der Waals surface area (Å²) in [5.41, 5.74) is 6.78. The minimum Gasteiger partial charge on any atom is -0.383 e. The molecule has 1 aromatic heterocycles. The molecule has 0 aromatic carbocycles. The Morgan fingerprint density at radius 1 is 1.13 bits per heavy atom. The zero-order chi connectivity index (χ0) is 11.1. The molecule has 0 aliphatic rings. The third-order valence-corrected chi connectivity index (χ3v) is 2.60. The number of rotatable bonds is 6. The van der Waals surface area contributed by atoms with Crippen molar-refractivity contribution in [3.63, 3.8) is 0 Å². The van der Waals surface area contributed by atoms with E-state index in [9.17, 15) is 0 Å². The van der Waals surface area contributed by atoms with Gasteiger partial charge in [0.2, 0.25) is 0 Å². The molecule has 0 spiro atoms. The van der Waals surface area contributed by atoms with Crippen molar-refractivity contribution in [1.82, 2.24) is 9.97 Å². The molecule has 0 aliphatic carbocycles. The molecule has 0 amide bonds. The lowest BCUT2D eigenvalue weighted by molar-refractivity contribution is 0.824. The predicted octanol–water partition coefficient (Wildman–Crippen LogP) is 2.40. The van der Waals surface area contributed by atoms with Gasteiger partial charge in [0.25, 0.3) is 0 Å². The fraction of sp³-hybridized carbons (Fsp3) is 0.600. The molecule has 3 nitrogen and oxygen atoms in total. The Labute approximate surface area is 100 Å². The summed E-state index contributed by atoms with van der Waals surface area (Å²) in [5.74, 6) is 2.59. The monoisotopic (exact) mass is 247 g/mol. The largest absolute Gasteiger partial charge is 0.383 e. The van der Waals surface area contributed by atoms with E-state index in [-0.39, 0.29) is 0 Å². The van der Waals surface area contributed by atoms with Crippen molar-refractivity contribution < 1.29 is 0 Å². The lowest BCUT2D eigenvalue weighted by atomic mass is 10.2. The fourth-order valence-corrected chi connectivity index (χ4v) is 1.52. The van der Waals surface area contributed by atoms with Crippen molar-refractivity contribution in [3.05, 3.63) is 17.6 Å². The zero-order valence-electron chi connectivity index (χ0n) is 8.55. The number of nitrogens with zero attached hydrogens (tertiary/aromatic N) is 2. The molecule has 0 saturated carbocycles. The Morgan fingerprint density at radius 3 is 2.40 bits per heavy atom. The average Bonchev–Trinajstić information content (AvgIpc) is 2.25. The number of nitrogen functional groups attached to an aromatic ring is 1. The van der Waals surface area contributed by atoms with Crippen LogP contribution < -0.4 is 5.73 Å². The van der Waals surface area contributed by atoms with Crippen molar-refractivity contribution in [2.45, 2.75) is 25.7 Å². The molecule has 0 fully saturated rings. The number of aromatic nitrogens is 2. The van der Waals surface area contributed by atoms with Crippen LogP contribution in [0.25, 0.3) is 0 Å². The van der Waals surface area contributed by atoms with Crippen LogP contribution in [-0.4, -0.2) is 21.7 Å². The van der Waals surface area contributed by atoms with Crippen LogP contribution in [0.15, 0.2) is 6.20 Å². The van der Waals surface area contributed by atoms with E-state index >= 15 is 0 Å². The second kappa shape index (κ2) is 6.85. The third kappa shape index (κ3) is 4.22. The topological polar surface area (TPSA) is 51.8 Å². The number of alkyl halides is 2. The van der Waals surface area contributed by atoms with Gasteiger partial charge in [-0.15, -0.1) is 23.2 Å². The van der Waals surface area contributed by atoms with Crippen LogP contribution in [0.2, 0.25) is 0 Å². The molecule has 1 rings (SSSR count). The van der Waals surface area contributed by atoms with Crippen molar-refractivity contribution >= 4 is 29.0 Å². The predicted molar refractivity (Wildman–Crippen MR) is 64.5 cm³/mol. The van der Waals surface area contributed by atoms with Crippen molar-refractivity contribution in [2.24, 2.45) is 0 Å². The highest BCUT2D eigenvalue weighted by molar-refractivity contribution is 6.18. The maximum absolute atomic E-state index is 5.81. The molecule has 0 unspecified atom stereocenters. The van der Waals surface area contributed by atoms with E-state index < -0.39 is 0 Å². The van der Waals surface area contributed by atoms with Gasteiger partial charge in [-0.2, -0.15) is 0 Å². The van der Waals surface area contributed by atoms with Crippen LogP contribution >= 0.6 is 23.2 Å². The van der Waals surface area contributed by atoms with Gasteiger partial charge in [0.1, 0.15) is 11.6 Å². The first-order chi connectivity index (χ1) is 7.27. The van der Waals surface area contributed by atoms with E-state index in [0.29, 0.717) is 17.6 Å². The summed E-state index contributed by atoms with van der Waals surface area (Å²) >= 11 is 11.2. The summed E-state index contributed by atoms with van der Waals surface area (Å²) in [6.07, 6.45) is 5.19. The minimum absolute atomic E-state index is 0.569. The Bertz CT molecular complexity index is 305. The summed E-state index contributed by atoms with van der Waals surface area (Å²) in [6, 6.07) is 0. The zero-order valence-corrected chi connectivity index (χ0v) is 10.1. The van der Waals surface area contributed by atoms with Gasteiger partial charge >= 0.3 is 0 Å². The lowest BCUT2D eigenvalue weighted by Gasteiger charge is -2.05. The number of hydrogen-bond acceptors (Lipinski definition) is 3. The Balaban J connectivity index is 2.61. The second-order valence-electron chi connectivity index (χ2n) is 3.28. The van der Waals surface area contributed by atoms with E-state index in [4.69, 9.17) is 28.9 Å². The molecule has 15 heavy (non-hydrogen) atoms. The quantitative estimate of drug-likeness (QED) is 0.786. The highest BCUT2D eigenvalue weighted by Gasteiger charge is 2.03. The van der Waals surface area contributed by atoms with Gasteiger partial charge < -0.3 is 5.73 Å². The first-order valence-electron chi connectivity index (χ1n) is 5.00. The third-order valence-electron chi connectivity index (χ3n) is 2.06. The van der Waals surface area contributed by atoms with Gasteiger partial charge in [0, 0.05) is 29.9 Å². The van der Waals surface area contributed by atoms with Crippen LogP contribution in [0.1, 0.15) is 24.2 Å². The average molecular weight is 248 g/mol. The maximum atomic E-state index is 5.81. The van der Waals surface area contributed by atoms with Gasteiger partial charge in [-0.3, -0.25) is 0 Å². The highest BCUT2D eigenvalue weighted by atomic mass is 35.5. The highest BCUT2D eigenvalue weighted by Crippen LogP contribution is 2.11. The molecular weight excluding hydrogens is 233 g/mol. The van der Waals surface area contributed by atoms with E-state index in [1.54, 1.807) is 6.20 Å². The molecule has 0 bridgehead atoms. The van der Waals surface area contributed by atoms with E-state index in [1.807, 2.05) is 0 Å². The van der Waals surface area contributed by atoms with E-state index in [2.05, 4.69) is 9.97 Å². The molecule has 5 heteroatoms. The van der Waals surface area contributed by atoms with Crippen LogP contribution in [0.4, 0.5) is 5.82 Å². The molecule has 1 heterocycles.